The van der Waals surface area contributed by atoms with Gasteiger partial charge in [-0.2, -0.15) is 0 Å². The molecule has 0 aliphatic rings. The van der Waals surface area contributed by atoms with Gasteiger partial charge in [0.25, 0.3) is 0 Å². The van der Waals surface area contributed by atoms with Crippen LogP contribution in [0.5, 0.6) is 0 Å². The lowest BCUT2D eigenvalue weighted by molar-refractivity contribution is 0.421. The molecule has 0 aromatic heterocycles. The second-order valence-electron chi connectivity index (χ2n) is 5.02. The predicted octanol–water partition coefficient (Wildman–Crippen LogP) is 4.53. The maximum atomic E-state index is 2.33. The highest BCUT2D eigenvalue weighted by molar-refractivity contribution is 5.63. The molecule has 0 spiro atoms. The zero-order valence-electron chi connectivity index (χ0n) is 9.67. The van der Waals surface area contributed by atoms with E-state index in [0.717, 1.165) is 6.42 Å². The Bertz CT molecular complexity index is 299. The Morgan fingerprint density at radius 1 is 1.14 bits per heavy atom. The normalized spacial score (nSPS) is 13.0. The largest absolute Gasteiger partial charge is 0.0805 e. The Morgan fingerprint density at radius 3 is 2.21 bits per heavy atom. The van der Waals surface area contributed by atoms with Crippen LogP contribution >= 0.6 is 0 Å². The van der Waals surface area contributed by atoms with Gasteiger partial charge in [-0.1, -0.05) is 57.2 Å². The average Bonchev–Trinajstić information content (AvgIpc) is 2.14. The van der Waals surface area contributed by atoms with Crippen molar-refractivity contribution in [1.82, 2.24) is 0 Å². The maximum absolute atomic E-state index is 2.33. The van der Waals surface area contributed by atoms with Gasteiger partial charge in [0.1, 0.15) is 0 Å². The molecule has 14 heavy (non-hydrogen) atoms. The van der Waals surface area contributed by atoms with Crippen molar-refractivity contribution in [2.45, 2.75) is 34.1 Å². The summed E-state index contributed by atoms with van der Waals surface area (Å²) in [6, 6.07) is 10.6. The summed E-state index contributed by atoms with van der Waals surface area (Å²) >= 11 is 0. The first-order valence-corrected chi connectivity index (χ1v) is 5.21. The van der Waals surface area contributed by atoms with E-state index < -0.39 is 0 Å². The predicted molar refractivity (Wildman–Crippen MR) is 64.2 cm³/mol. The third kappa shape index (κ3) is 3.78. The van der Waals surface area contributed by atoms with Gasteiger partial charge in [0.05, 0.1) is 0 Å². The molecule has 0 saturated carbocycles. The van der Waals surface area contributed by atoms with Crippen LogP contribution in [0.2, 0.25) is 0 Å². The minimum atomic E-state index is 0.385. The highest BCUT2D eigenvalue weighted by atomic mass is 14.1. The quantitative estimate of drug-likeness (QED) is 0.640. The zero-order chi connectivity index (χ0) is 10.6. The van der Waals surface area contributed by atoms with E-state index in [4.69, 9.17) is 0 Å². The first kappa shape index (κ1) is 11.0. The molecule has 1 aromatic rings. The van der Waals surface area contributed by atoms with Crippen LogP contribution in [0.1, 0.15) is 39.7 Å². The monoisotopic (exact) mass is 188 g/mol. The van der Waals surface area contributed by atoms with Crippen molar-refractivity contribution in [2.24, 2.45) is 5.41 Å². The SMILES string of the molecule is CC(=CCC(C)(C)C)c1ccccc1. The summed E-state index contributed by atoms with van der Waals surface area (Å²) in [5.41, 5.74) is 3.09. The van der Waals surface area contributed by atoms with Crippen molar-refractivity contribution in [3.05, 3.63) is 42.0 Å². The van der Waals surface area contributed by atoms with Crippen LogP contribution in [0, 0.1) is 5.41 Å². The fourth-order valence-corrected chi connectivity index (χ4v) is 1.28. The van der Waals surface area contributed by atoms with Crippen molar-refractivity contribution in [2.75, 3.05) is 0 Å². The molecule has 1 aromatic carbocycles. The van der Waals surface area contributed by atoms with Crippen molar-refractivity contribution in [3.63, 3.8) is 0 Å². The van der Waals surface area contributed by atoms with Gasteiger partial charge in [-0.3, -0.25) is 0 Å². The van der Waals surface area contributed by atoms with Crippen LogP contribution in [0.4, 0.5) is 0 Å². The maximum Gasteiger partial charge on any atom is -0.0231 e. The smallest absolute Gasteiger partial charge is 0.0231 e. The Labute approximate surface area is 87.7 Å². The lowest BCUT2D eigenvalue weighted by Gasteiger charge is -2.15. The molecule has 0 fully saturated rings. The average molecular weight is 188 g/mol. The minimum absolute atomic E-state index is 0.385. The van der Waals surface area contributed by atoms with E-state index in [1.807, 2.05) is 0 Å². The lowest BCUT2D eigenvalue weighted by atomic mass is 9.90. The molecule has 0 radical (unpaired) electrons. The second kappa shape index (κ2) is 4.45. The number of allylic oxidation sites excluding steroid dienone is 2. The van der Waals surface area contributed by atoms with Crippen LogP contribution in [-0.4, -0.2) is 0 Å². The Hall–Kier alpha value is -1.04. The van der Waals surface area contributed by atoms with Crippen LogP contribution < -0.4 is 0 Å². The molecule has 0 saturated heterocycles. The highest BCUT2D eigenvalue weighted by Gasteiger charge is 2.07. The molecule has 0 heteroatoms. The minimum Gasteiger partial charge on any atom is -0.0805 e. The van der Waals surface area contributed by atoms with Gasteiger partial charge < -0.3 is 0 Å². The topological polar surface area (TPSA) is 0 Å². The summed E-state index contributed by atoms with van der Waals surface area (Å²) in [5.74, 6) is 0. The lowest BCUT2D eigenvalue weighted by Crippen LogP contribution is -2.02. The van der Waals surface area contributed by atoms with E-state index in [2.05, 4.69) is 64.1 Å². The number of rotatable bonds is 2. The van der Waals surface area contributed by atoms with Crippen molar-refractivity contribution in [1.29, 1.82) is 0 Å². The van der Waals surface area contributed by atoms with E-state index in [1.54, 1.807) is 0 Å². The molecule has 0 nitrogen and oxygen atoms in total. The molecule has 1 rings (SSSR count). The van der Waals surface area contributed by atoms with Crippen molar-refractivity contribution < 1.29 is 0 Å². The van der Waals surface area contributed by atoms with Gasteiger partial charge in [0.15, 0.2) is 0 Å². The molecule has 0 amide bonds. The summed E-state index contributed by atoms with van der Waals surface area (Å²) in [6.45, 7) is 8.98. The number of benzene rings is 1. The van der Waals surface area contributed by atoms with Gasteiger partial charge in [0.2, 0.25) is 0 Å². The second-order valence-corrected chi connectivity index (χ2v) is 5.02. The van der Waals surface area contributed by atoms with Gasteiger partial charge >= 0.3 is 0 Å². The fourth-order valence-electron chi connectivity index (χ4n) is 1.28. The summed E-state index contributed by atoms with van der Waals surface area (Å²) in [4.78, 5) is 0. The zero-order valence-corrected chi connectivity index (χ0v) is 9.67. The molecule has 0 atom stereocenters. The third-order valence-corrected chi connectivity index (χ3v) is 2.25. The van der Waals surface area contributed by atoms with Crippen LogP contribution in [0.15, 0.2) is 36.4 Å². The van der Waals surface area contributed by atoms with E-state index in [1.165, 1.54) is 11.1 Å². The fraction of sp³-hybridized carbons (Fsp3) is 0.429. The molecular formula is C14H20. The summed E-state index contributed by atoms with van der Waals surface area (Å²) in [7, 11) is 0. The van der Waals surface area contributed by atoms with Crippen LogP contribution in [0.25, 0.3) is 5.57 Å². The van der Waals surface area contributed by atoms with Crippen molar-refractivity contribution in [3.8, 4) is 0 Å². The summed E-state index contributed by atoms with van der Waals surface area (Å²) in [6.07, 6.45) is 3.46. The highest BCUT2D eigenvalue weighted by Crippen LogP contribution is 2.22. The molecule has 0 aliphatic heterocycles. The standard InChI is InChI=1S/C14H20/c1-12(10-11-14(2,3)4)13-8-6-5-7-9-13/h5-10H,11H2,1-4H3. The van der Waals surface area contributed by atoms with Gasteiger partial charge in [-0.15, -0.1) is 0 Å². The van der Waals surface area contributed by atoms with Crippen LogP contribution in [0.3, 0.4) is 0 Å². The molecule has 0 bridgehead atoms. The Kier molecular flexibility index (Phi) is 3.51. The molecule has 0 unspecified atom stereocenters. The van der Waals surface area contributed by atoms with E-state index in [0.29, 0.717) is 5.41 Å². The van der Waals surface area contributed by atoms with E-state index in [-0.39, 0.29) is 0 Å². The van der Waals surface area contributed by atoms with E-state index >= 15 is 0 Å². The van der Waals surface area contributed by atoms with Crippen LogP contribution in [-0.2, 0) is 0 Å². The third-order valence-electron chi connectivity index (χ3n) is 2.25. The first-order chi connectivity index (χ1) is 6.49. The van der Waals surface area contributed by atoms with Crippen molar-refractivity contribution >= 4 is 5.57 Å². The molecule has 0 heterocycles. The summed E-state index contributed by atoms with van der Waals surface area (Å²) < 4.78 is 0. The molecular weight excluding hydrogens is 168 g/mol. The Balaban J connectivity index is 2.71. The Morgan fingerprint density at radius 2 is 1.71 bits per heavy atom. The number of hydrogen-bond acceptors (Lipinski definition) is 0. The van der Waals surface area contributed by atoms with Gasteiger partial charge in [-0.25, -0.2) is 0 Å². The van der Waals surface area contributed by atoms with E-state index in [9.17, 15) is 0 Å². The molecule has 0 N–H and O–H groups in total. The first-order valence-electron chi connectivity index (χ1n) is 5.21. The van der Waals surface area contributed by atoms with Gasteiger partial charge in [-0.05, 0) is 29.9 Å². The summed E-state index contributed by atoms with van der Waals surface area (Å²) in [5, 5.41) is 0. The molecule has 0 aliphatic carbocycles. The van der Waals surface area contributed by atoms with Gasteiger partial charge in [0, 0.05) is 0 Å². The molecule has 76 valence electrons. The number of hydrogen-bond donors (Lipinski definition) is 0.